The summed E-state index contributed by atoms with van der Waals surface area (Å²) in [7, 11) is 0. The standard InChI is InChI=1S/C26H24FN5O2/c27-17-6-8-18(9-7-17)31-12-3-10-26(25(31)34)11-13-30(16-26)32-22-5-2-1-4-19(22)20-14-29-15-21(23(20)32)24(28)33/h1-2,4-9,14-15H,3,10-13,16H2,(H2,28,33). The summed E-state index contributed by atoms with van der Waals surface area (Å²) >= 11 is 0. The molecule has 2 aromatic heterocycles. The van der Waals surface area contributed by atoms with Crippen LogP contribution in [0.1, 0.15) is 29.6 Å². The maximum Gasteiger partial charge on any atom is 0.252 e. The van der Waals surface area contributed by atoms with E-state index in [1.54, 1.807) is 23.2 Å². The molecule has 4 aromatic rings. The Morgan fingerprint density at radius 2 is 1.79 bits per heavy atom. The molecule has 0 aliphatic carbocycles. The largest absolute Gasteiger partial charge is 0.365 e. The number of pyridine rings is 1. The van der Waals surface area contributed by atoms with Gasteiger partial charge in [-0.25, -0.2) is 4.39 Å². The van der Waals surface area contributed by atoms with Crippen LogP contribution in [0.2, 0.25) is 0 Å². The van der Waals surface area contributed by atoms with Crippen molar-refractivity contribution in [2.24, 2.45) is 11.1 Å². The molecule has 2 fully saturated rings. The molecule has 1 spiro atoms. The molecule has 172 valence electrons. The second-order valence-corrected chi connectivity index (χ2v) is 9.23. The van der Waals surface area contributed by atoms with Gasteiger partial charge in [0.25, 0.3) is 5.91 Å². The number of benzene rings is 2. The summed E-state index contributed by atoms with van der Waals surface area (Å²) in [6.07, 6.45) is 5.64. The number of carbonyl (C=O) groups is 2. The van der Waals surface area contributed by atoms with Crippen molar-refractivity contribution in [2.45, 2.75) is 19.3 Å². The number of para-hydroxylation sites is 1. The lowest BCUT2D eigenvalue weighted by atomic mass is 9.78. The van der Waals surface area contributed by atoms with Crippen LogP contribution in [-0.2, 0) is 4.79 Å². The van der Waals surface area contributed by atoms with Crippen molar-refractivity contribution in [1.82, 2.24) is 9.66 Å². The van der Waals surface area contributed by atoms with Gasteiger partial charge >= 0.3 is 0 Å². The van der Waals surface area contributed by atoms with Crippen molar-refractivity contribution in [3.63, 3.8) is 0 Å². The van der Waals surface area contributed by atoms with E-state index in [0.29, 0.717) is 31.6 Å². The third kappa shape index (κ3) is 2.98. The van der Waals surface area contributed by atoms with E-state index in [0.717, 1.165) is 40.3 Å². The van der Waals surface area contributed by atoms with Gasteiger partial charge in [-0.2, -0.15) is 0 Å². The first-order chi connectivity index (χ1) is 16.5. The number of nitrogens with two attached hydrogens (primary N) is 1. The second kappa shape index (κ2) is 7.55. The van der Waals surface area contributed by atoms with Crippen molar-refractivity contribution < 1.29 is 14.0 Å². The van der Waals surface area contributed by atoms with Crippen LogP contribution in [0.15, 0.2) is 60.9 Å². The fourth-order valence-corrected chi connectivity index (χ4v) is 5.70. The third-order valence-corrected chi connectivity index (χ3v) is 7.31. The predicted molar refractivity (Wildman–Crippen MR) is 129 cm³/mol. The van der Waals surface area contributed by atoms with Gasteiger partial charge in [0.15, 0.2) is 0 Å². The number of rotatable bonds is 3. The van der Waals surface area contributed by atoms with Gasteiger partial charge in [0.2, 0.25) is 5.91 Å². The van der Waals surface area contributed by atoms with Crippen LogP contribution in [0.25, 0.3) is 21.8 Å². The molecule has 2 saturated heterocycles. The highest BCUT2D eigenvalue weighted by Crippen LogP contribution is 2.42. The van der Waals surface area contributed by atoms with Gasteiger partial charge in [-0.05, 0) is 49.6 Å². The Morgan fingerprint density at radius 1 is 1.00 bits per heavy atom. The van der Waals surface area contributed by atoms with Crippen molar-refractivity contribution in [1.29, 1.82) is 0 Å². The van der Waals surface area contributed by atoms with E-state index in [1.165, 1.54) is 18.3 Å². The van der Waals surface area contributed by atoms with Gasteiger partial charge in [0.05, 0.1) is 22.0 Å². The van der Waals surface area contributed by atoms with Crippen LogP contribution in [0.4, 0.5) is 10.1 Å². The Labute approximate surface area is 195 Å². The van der Waals surface area contributed by atoms with Gasteiger partial charge < -0.3 is 15.6 Å². The number of hydrogen-bond acceptors (Lipinski definition) is 4. The maximum absolute atomic E-state index is 13.8. The minimum atomic E-state index is -0.537. The molecule has 7 nitrogen and oxygen atoms in total. The molecule has 2 amide bonds. The highest BCUT2D eigenvalue weighted by Gasteiger charge is 2.49. The summed E-state index contributed by atoms with van der Waals surface area (Å²) in [4.78, 5) is 32.1. The molecular formula is C26H24FN5O2. The van der Waals surface area contributed by atoms with E-state index in [1.807, 2.05) is 28.9 Å². The molecule has 6 rings (SSSR count). The van der Waals surface area contributed by atoms with Gasteiger partial charge in [0.1, 0.15) is 5.82 Å². The molecule has 0 bridgehead atoms. The highest BCUT2D eigenvalue weighted by atomic mass is 19.1. The molecular weight excluding hydrogens is 433 g/mol. The summed E-state index contributed by atoms with van der Waals surface area (Å²) in [5.41, 5.74) is 7.94. The van der Waals surface area contributed by atoms with Crippen LogP contribution in [0, 0.1) is 11.2 Å². The third-order valence-electron chi connectivity index (χ3n) is 7.31. The summed E-state index contributed by atoms with van der Waals surface area (Å²) < 4.78 is 15.5. The summed E-state index contributed by atoms with van der Waals surface area (Å²) in [6.45, 7) is 1.81. The normalized spacial score (nSPS) is 20.7. The lowest BCUT2D eigenvalue weighted by Crippen LogP contribution is -2.51. The number of fused-ring (bicyclic) bond motifs is 3. The van der Waals surface area contributed by atoms with Crippen LogP contribution in [0.3, 0.4) is 0 Å². The topological polar surface area (TPSA) is 84.5 Å². The Kier molecular flexibility index (Phi) is 4.58. The first-order valence-electron chi connectivity index (χ1n) is 11.5. The molecule has 0 radical (unpaired) electrons. The van der Waals surface area contributed by atoms with Crippen LogP contribution in [-0.4, -0.2) is 41.1 Å². The van der Waals surface area contributed by atoms with Crippen LogP contribution < -0.4 is 15.6 Å². The highest BCUT2D eigenvalue weighted by molar-refractivity contribution is 6.15. The van der Waals surface area contributed by atoms with Gasteiger partial charge in [0, 0.05) is 48.5 Å². The number of nitrogens with zero attached hydrogens (tertiary/aromatic N) is 4. The lowest BCUT2D eigenvalue weighted by Gasteiger charge is -2.39. The molecule has 8 heteroatoms. The minimum Gasteiger partial charge on any atom is -0.365 e. The molecule has 1 unspecified atom stereocenters. The zero-order chi connectivity index (χ0) is 23.4. The van der Waals surface area contributed by atoms with E-state index in [4.69, 9.17) is 5.73 Å². The van der Waals surface area contributed by atoms with E-state index < -0.39 is 11.3 Å². The van der Waals surface area contributed by atoms with Gasteiger partial charge in [-0.15, -0.1) is 0 Å². The maximum atomic E-state index is 13.8. The Bertz CT molecular complexity index is 1450. The van der Waals surface area contributed by atoms with E-state index in [2.05, 4.69) is 9.99 Å². The summed E-state index contributed by atoms with van der Waals surface area (Å²) in [5.74, 6) is -0.779. The quantitative estimate of drug-likeness (QED) is 0.510. The molecule has 34 heavy (non-hydrogen) atoms. The number of primary amides is 1. The van der Waals surface area contributed by atoms with Crippen molar-refractivity contribution >= 4 is 39.3 Å². The lowest BCUT2D eigenvalue weighted by molar-refractivity contribution is -0.129. The van der Waals surface area contributed by atoms with Crippen molar-refractivity contribution in [3.8, 4) is 0 Å². The summed E-state index contributed by atoms with van der Waals surface area (Å²) in [6, 6.07) is 14.1. The molecule has 0 saturated carbocycles. The fraction of sp³-hybridized carbons (Fsp3) is 0.269. The second-order valence-electron chi connectivity index (χ2n) is 9.23. The monoisotopic (exact) mass is 457 g/mol. The SMILES string of the molecule is NC(=O)c1cncc2c3ccccc3n(N3CCC4(CCCN(c5ccc(F)cc5)C4=O)C3)c12. The molecule has 2 aromatic carbocycles. The molecule has 1 atom stereocenters. The number of anilines is 1. The number of halogens is 1. The fourth-order valence-electron chi connectivity index (χ4n) is 5.70. The number of aromatic nitrogens is 2. The summed E-state index contributed by atoms with van der Waals surface area (Å²) in [5, 5.41) is 4.00. The Balaban J connectivity index is 1.43. The average Bonchev–Trinajstić information content (AvgIpc) is 3.41. The minimum absolute atomic E-state index is 0.0745. The molecule has 2 aliphatic rings. The van der Waals surface area contributed by atoms with Crippen molar-refractivity contribution in [3.05, 3.63) is 72.3 Å². The molecule has 2 aliphatic heterocycles. The van der Waals surface area contributed by atoms with Crippen LogP contribution >= 0.6 is 0 Å². The van der Waals surface area contributed by atoms with Crippen LogP contribution in [0.5, 0.6) is 0 Å². The van der Waals surface area contributed by atoms with Gasteiger partial charge in [-0.3, -0.25) is 19.2 Å². The van der Waals surface area contributed by atoms with E-state index >= 15 is 0 Å². The predicted octanol–water partition coefficient (Wildman–Crippen LogP) is 3.58. The molecule has 4 heterocycles. The first-order valence-corrected chi connectivity index (χ1v) is 11.5. The molecule has 2 N–H and O–H groups in total. The number of amides is 2. The first kappa shape index (κ1) is 20.7. The average molecular weight is 458 g/mol. The Morgan fingerprint density at radius 3 is 2.59 bits per heavy atom. The Hall–Kier alpha value is -3.94. The van der Waals surface area contributed by atoms with E-state index in [9.17, 15) is 14.0 Å². The zero-order valence-electron chi connectivity index (χ0n) is 18.6. The number of carbonyl (C=O) groups excluding carboxylic acids is 2. The number of piperidine rings is 1. The van der Waals surface area contributed by atoms with E-state index in [-0.39, 0.29) is 11.7 Å². The number of hydrogen-bond donors (Lipinski definition) is 1. The van der Waals surface area contributed by atoms with Crippen molar-refractivity contribution in [2.75, 3.05) is 29.5 Å². The zero-order valence-corrected chi connectivity index (χ0v) is 18.6. The smallest absolute Gasteiger partial charge is 0.252 e. The van der Waals surface area contributed by atoms with Gasteiger partial charge in [-0.1, -0.05) is 18.2 Å².